The minimum Gasteiger partial charge on any atom is -0.273 e. The van der Waals surface area contributed by atoms with E-state index < -0.39 is 10.0 Å². The van der Waals surface area contributed by atoms with Gasteiger partial charge in [-0.15, -0.1) is 0 Å². The summed E-state index contributed by atoms with van der Waals surface area (Å²) in [5.74, 6) is 0. The Balaban J connectivity index is 2.36. The van der Waals surface area contributed by atoms with Crippen molar-refractivity contribution in [2.45, 2.75) is 52.1 Å². The van der Waals surface area contributed by atoms with Gasteiger partial charge in [-0.2, -0.15) is 14.5 Å². The summed E-state index contributed by atoms with van der Waals surface area (Å²) in [5, 5.41) is 8.54. The number of hydrogen-bond donors (Lipinski definition) is 0. The Kier molecular flexibility index (Phi) is 4.95. The van der Waals surface area contributed by atoms with E-state index >= 15 is 0 Å². The summed E-state index contributed by atoms with van der Waals surface area (Å²) in [6.07, 6.45) is 2.62. The van der Waals surface area contributed by atoms with Gasteiger partial charge in [0.1, 0.15) is 4.90 Å². The summed E-state index contributed by atoms with van der Waals surface area (Å²) in [4.78, 5) is 0.315. The fourth-order valence-corrected chi connectivity index (χ4v) is 4.18. The maximum absolute atomic E-state index is 13.0. The third-order valence-corrected chi connectivity index (χ3v) is 6.21. The van der Waals surface area contributed by atoms with Crippen LogP contribution in [0.25, 0.3) is 0 Å². The Bertz CT molecular complexity index is 804. The van der Waals surface area contributed by atoms with Crippen LogP contribution < -0.4 is 0 Å². The number of hydrogen-bond acceptors (Lipinski definition) is 4. The molecule has 0 saturated carbocycles. The highest BCUT2D eigenvalue weighted by Gasteiger charge is 2.29. The molecule has 0 spiro atoms. The van der Waals surface area contributed by atoms with Crippen molar-refractivity contribution in [1.29, 1.82) is 0 Å². The fourth-order valence-electron chi connectivity index (χ4n) is 2.66. The van der Waals surface area contributed by atoms with Crippen molar-refractivity contribution >= 4 is 10.0 Å². The molecule has 0 aliphatic carbocycles. The van der Waals surface area contributed by atoms with Crippen LogP contribution in [-0.2, 0) is 30.2 Å². The largest absolute Gasteiger partial charge is 0.273 e. The molecule has 2 heterocycles. The first-order valence-corrected chi connectivity index (χ1v) is 9.12. The molecule has 0 aromatic carbocycles. The highest BCUT2D eigenvalue weighted by Crippen LogP contribution is 2.24. The Hall–Kier alpha value is -1.67. The van der Waals surface area contributed by atoms with Crippen molar-refractivity contribution in [3.63, 3.8) is 0 Å². The number of sulfonamides is 1. The first-order valence-electron chi connectivity index (χ1n) is 7.68. The third-order valence-electron chi connectivity index (χ3n) is 4.15. The quantitative estimate of drug-likeness (QED) is 0.804. The van der Waals surface area contributed by atoms with Crippen molar-refractivity contribution in [2.75, 3.05) is 7.05 Å². The lowest BCUT2D eigenvalue weighted by molar-refractivity contribution is 0.464. The number of aryl methyl sites for hydroxylation is 3. The SMILES string of the molecule is CCCn1nc(C)c(S(=O)(=O)N(C)Cc2cnn(C)c2C)c1C. The molecule has 0 aliphatic rings. The van der Waals surface area contributed by atoms with Gasteiger partial charge in [0.25, 0.3) is 0 Å². The smallest absolute Gasteiger partial charge is 0.246 e. The zero-order chi connectivity index (χ0) is 17.4. The molecule has 0 N–H and O–H groups in total. The first-order chi connectivity index (χ1) is 10.7. The van der Waals surface area contributed by atoms with Crippen LogP contribution in [-0.4, -0.2) is 39.3 Å². The van der Waals surface area contributed by atoms with Gasteiger partial charge in [0.15, 0.2) is 0 Å². The van der Waals surface area contributed by atoms with E-state index in [1.165, 1.54) is 4.31 Å². The highest BCUT2D eigenvalue weighted by molar-refractivity contribution is 7.89. The second-order valence-corrected chi connectivity index (χ2v) is 7.84. The van der Waals surface area contributed by atoms with E-state index in [-0.39, 0.29) is 0 Å². The molecule has 0 aliphatic heterocycles. The van der Waals surface area contributed by atoms with E-state index in [9.17, 15) is 8.42 Å². The molecule has 0 saturated heterocycles. The van der Waals surface area contributed by atoms with Crippen molar-refractivity contribution in [2.24, 2.45) is 7.05 Å². The Morgan fingerprint density at radius 1 is 1.22 bits per heavy atom. The zero-order valence-electron chi connectivity index (χ0n) is 14.7. The standard InChI is InChI=1S/C15H25N5O2S/c1-7-8-20-13(4)15(11(2)17-20)23(21,22)18(5)10-14-9-16-19(6)12(14)3/h9H,7-8,10H2,1-6H3. The summed E-state index contributed by atoms with van der Waals surface area (Å²) >= 11 is 0. The van der Waals surface area contributed by atoms with Gasteiger partial charge in [0.2, 0.25) is 10.0 Å². The molecule has 2 aromatic rings. The molecule has 2 rings (SSSR count). The summed E-state index contributed by atoms with van der Waals surface area (Å²) in [6.45, 7) is 8.54. The van der Waals surface area contributed by atoms with Gasteiger partial charge in [-0.1, -0.05) is 6.92 Å². The van der Waals surface area contributed by atoms with Gasteiger partial charge < -0.3 is 0 Å². The predicted octanol–water partition coefficient (Wildman–Crippen LogP) is 1.77. The minimum atomic E-state index is -3.59. The van der Waals surface area contributed by atoms with Gasteiger partial charge in [-0.25, -0.2) is 8.42 Å². The second kappa shape index (κ2) is 6.45. The normalized spacial score (nSPS) is 12.3. The van der Waals surface area contributed by atoms with E-state index in [1.807, 2.05) is 27.8 Å². The van der Waals surface area contributed by atoms with Gasteiger partial charge in [-0.05, 0) is 27.2 Å². The maximum Gasteiger partial charge on any atom is 0.246 e. The van der Waals surface area contributed by atoms with Crippen molar-refractivity contribution in [3.8, 4) is 0 Å². The molecule has 0 radical (unpaired) electrons. The van der Waals surface area contributed by atoms with E-state index in [0.717, 1.165) is 17.7 Å². The fraction of sp³-hybridized carbons (Fsp3) is 0.600. The molecule has 8 heteroatoms. The first kappa shape index (κ1) is 17.7. The molecule has 0 atom stereocenters. The highest BCUT2D eigenvalue weighted by atomic mass is 32.2. The van der Waals surface area contributed by atoms with Crippen LogP contribution in [0.2, 0.25) is 0 Å². The molecule has 128 valence electrons. The average molecular weight is 339 g/mol. The zero-order valence-corrected chi connectivity index (χ0v) is 15.5. The van der Waals surface area contributed by atoms with E-state index in [2.05, 4.69) is 10.2 Å². The number of nitrogens with zero attached hydrogens (tertiary/aromatic N) is 5. The van der Waals surface area contributed by atoms with Crippen LogP contribution in [0, 0.1) is 20.8 Å². The molecule has 2 aromatic heterocycles. The monoisotopic (exact) mass is 339 g/mol. The third kappa shape index (κ3) is 3.18. The molecular formula is C15H25N5O2S. The molecule has 7 nitrogen and oxygen atoms in total. The topological polar surface area (TPSA) is 73.0 Å². The van der Waals surface area contributed by atoms with Crippen molar-refractivity contribution < 1.29 is 8.42 Å². The minimum absolute atomic E-state index is 0.292. The van der Waals surface area contributed by atoms with Crippen LogP contribution in [0.3, 0.4) is 0 Å². The van der Waals surface area contributed by atoms with E-state index in [0.29, 0.717) is 29.4 Å². The van der Waals surface area contributed by atoms with Gasteiger partial charge in [0, 0.05) is 38.4 Å². The number of aromatic nitrogens is 4. The average Bonchev–Trinajstić information content (AvgIpc) is 2.93. The molecule has 0 bridgehead atoms. The van der Waals surface area contributed by atoms with Crippen molar-refractivity contribution in [3.05, 3.63) is 28.8 Å². The Labute approximate surface area is 138 Å². The summed E-state index contributed by atoms with van der Waals surface area (Å²) in [5.41, 5.74) is 3.10. The van der Waals surface area contributed by atoms with Gasteiger partial charge in [0.05, 0.1) is 17.6 Å². The lowest BCUT2D eigenvalue weighted by atomic mass is 10.3. The molecule has 0 fully saturated rings. The number of rotatable bonds is 6. The van der Waals surface area contributed by atoms with Crippen LogP contribution in [0.5, 0.6) is 0 Å². The lowest BCUT2D eigenvalue weighted by Crippen LogP contribution is -2.27. The Morgan fingerprint density at radius 2 is 1.87 bits per heavy atom. The van der Waals surface area contributed by atoms with E-state index in [1.54, 1.807) is 29.5 Å². The summed E-state index contributed by atoms with van der Waals surface area (Å²) < 4.78 is 30.8. The van der Waals surface area contributed by atoms with Crippen molar-refractivity contribution in [1.82, 2.24) is 23.9 Å². The maximum atomic E-state index is 13.0. The molecule has 0 unspecified atom stereocenters. The molecular weight excluding hydrogens is 314 g/mol. The lowest BCUT2D eigenvalue weighted by Gasteiger charge is -2.17. The van der Waals surface area contributed by atoms with E-state index in [4.69, 9.17) is 0 Å². The second-order valence-electron chi connectivity index (χ2n) is 5.86. The predicted molar refractivity (Wildman–Crippen MR) is 88.6 cm³/mol. The summed E-state index contributed by atoms with van der Waals surface area (Å²) in [7, 11) is -0.152. The molecule has 23 heavy (non-hydrogen) atoms. The Morgan fingerprint density at radius 3 is 2.39 bits per heavy atom. The van der Waals surface area contributed by atoms with Crippen LogP contribution in [0.15, 0.2) is 11.1 Å². The van der Waals surface area contributed by atoms with Crippen LogP contribution in [0.1, 0.15) is 36.0 Å². The van der Waals surface area contributed by atoms with Gasteiger partial charge in [-0.3, -0.25) is 9.36 Å². The van der Waals surface area contributed by atoms with Crippen LogP contribution >= 0.6 is 0 Å². The summed E-state index contributed by atoms with van der Waals surface area (Å²) in [6, 6.07) is 0. The van der Waals surface area contributed by atoms with Crippen LogP contribution in [0.4, 0.5) is 0 Å². The van der Waals surface area contributed by atoms with Gasteiger partial charge >= 0.3 is 0 Å². The molecule has 0 amide bonds.